The smallest absolute Gasteiger partial charge is 0.129 e. The van der Waals surface area contributed by atoms with Gasteiger partial charge in [0, 0.05) is 24.9 Å². The van der Waals surface area contributed by atoms with Gasteiger partial charge in [-0.05, 0) is 19.8 Å². The van der Waals surface area contributed by atoms with Crippen molar-refractivity contribution in [3.63, 3.8) is 0 Å². The number of nitrogens with one attached hydrogen (secondary N) is 1. The van der Waals surface area contributed by atoms with Crippen LogP contribution < -0.4 is 5.32 Å². The molecule has 1 N–H and O–H groups in total. The Hall–Kier alpha value is -1.16. The molecule has 0 amide bonds. The molecule has 1 aromatic heterocycles. The van der Waals surface area contributed by atoms with E-state index in [9.17, 15) is 0 Å². The van der Waals surface area contributed by atoms with Crippen LogP contribution in [0.4, 0.5) is 5.82 Å². The van der Waals surface area contributed by atoms with E-state index in [1.807, 2.05) is 13.0 Å². The molecule has 0 saturated heterocycles. The number of aromatic nitrogens is 2. The second-order valence-electron chi connectivity index (χ2n) is 3.72. The molecule has 1 fully saturated rings. The minimum Gasteiger partial charge on any atom is -0.381 e. The van der Waals surface area contributed by atoms with E-state index in [1.54, 1.807) is 13.4 Å². The van der Waals surface area contributed by atoms with Crippen LogP contribution in [0.15, 0.2) is 12.4 Å². The molecule has 76 valence electrons. The van der Waals surface area contributed by atoms with Gasteiger partial charge in [-0.3, -0.25) is 0 Å². The third-order valence-electron chi connectivity index (χ3n) is 2.58. The van der Waals surface area contributed by atoms with Crippen LogP contribution in [0, 0.1) is 6.92 Å². The standard InChI is InChI=1S/C10H15N3O/c1-7-3-10(12-6-11-7)13-8-4-9(5-8)14-2/h3,6,8-9H,4-5H2,1-2H3,(H,11,12,13)/t8-,9-. The first kappa shape index (κ1) is 9.40. The van der Waals surface area contributed by atoms with Gasteiger partial charge in [-0.15, -0.1) is 0 Å². The zero-order valence-electron chi connectivity index (χ0n) is 8.53. The summed E-state index contributed by atoms with van der Waals surface area (Å²) in [6, 6.07) is 2.47. The van der Waals surface area contributed by atoms with Crippen molar-refractivity contribution in [2.45, 2.75) is 31.9 Å². The van der Waals surface area contributed by atoms with E-state index in [1.165, 1.54) is 0 Å². The minimum atomic E-state index is 0.426. The Morgan fingerprint density at radius 2 is 2.21 bits per heavy atom. The molecule has 1 aromatic rings. The van der Waals surface area contributed by atoms with Gasteiger partial charge in [-0.1, -0.05) is 0 Å². The second kappa shape index (κ2) is 3.92. The molecule has 0 aliphatic heterocycles. The summed E-state index contributed by atoms with van der Waals surface area (Å²) in [4.78, 5) is 8.20. The Labute approximate surface area is 83.7 Å². The molecule has 14 heavy (non-hydrogen) atoms. The Bertz CT molecular complexity index is 310. The van der Waals surface area contributed by atoms with Crippen molar-refractivity contribution in [1.82, 2.24) is 9.97 Å². The van der Waals surface area contributed by atoms with Crippen LogP contribution >= 0.6 is 0 Å². The molecule has 0 bridgehead atoms. The van der Waals surface area contributed by atoms with E-state index in [-0.39, 0.29) is 0 Å². The summed E-state index contributed by atoms with van der Waals surface area (Å²) >= 11 is 0. The van der Waals surface area contributed by atoms with Gasteiger partial charge in [0.05, 0.1) is 6.10 Å². The Morgan fingerprint density at radius 3 is 2.86 bits per heavy atom. The Balaban J connectivity index is 1.87. The van der Waals surface area contributed by atoms with Crippen molar-refractivity contribution >= 4 is 5.82 Å². The van der Waals surface area contributed by atoms with Gasteiger partial charge in [0.1, 0.15) is 12.1 Å². The number of hydrogen-bond donors (Lipinski definition) is 1. The molecule has 2 rings (SSSR count). The van der Waals surface area contributed by atoms with Crippen LogP contribution in [-0.4, -0.2) is 29.2 Å². The van der Waals surface area contributed by atoms with Crippen molar-refractivity contribution in [3.05, 3.63) is 18.1 Å². The largest absolute Gasteiger partial charge is 0.381 e. The molecule has 0 radical (unpaired) electrons. The van der Waals surface area contributed by atoms with Crippen molar-refractivity contribution in [3.8, 4) is 0 Å². The number of rotatable bonds is 3. The van der Waals surface area contributed by atoms with Crippen molar-refractivity contribution in [1.29, 1.82) is 0 Å². The fraction of sp³-hybridized carbons (Fsp3) is 0.600. The summed E-state index contributed by atoms with van der Waals surface area (Å²) in [5, 5.41) is 3.35. The lowest BCUT2D eigenvalue weighted by atomic mass is 9.89. The quantitative estimate of drug-likeness (QED) is 0.787. The van der Waals surface area contributed by atoms with Crippen LogP contribution in [0.1, 0.15) is 18.5 Å². The maximum absolute atomic E-state index is 5.21. The summed E-state index contributed by atoms with van der Waals surface area (Å²) in [7, 11) is 1.76. The van der Waals surface area contributed by atoms with Crippen molar-refractivity contribution < 1.29 is 4.74 Å². The highest BCUT2D eigenvalue weighted by Crippen LogP contribution is 2.25. The maximum atomic E-state index is 5.21. The molecule has 0 atom stereocenters. The van der Waals surface area contributed by atoms with Crippen molar-refractivity contribution in [2.24, 2.45) is 0 Å². The molecule has 1 aliphatic rings. The zero-order chi connectivity index (χ0) is 9.97. The van der Waals surface area contributed by atoms with E-state index in [0.717, 1.165) is 24.4 Å². The van der Waals surface area contributed by atoms with E-state index in [0.29, 0.717) is 12.1 Å². The molecule has 0 unspecified atom stereocenters. The van der Waals surface area contributed by atoms with E-state index < -0.39 is 0 Å². The van der Waals surface area contributed by atoms with Gasteiger partial charge < -0.3 is 10.1 Å². The summed E-state index contributed by atoms with van der Waals surface area (Å²) < 4.78 is 5.21. The number of anilines is 1. The Morgan fingerprint density at radius 1 is 1.43 bits per heavy atom. The summed E-state index contributed by atoms with van der Waals surface area (Å²) in [6.45, 7) is 1.96. The number of ether oxygens (including phenoxy) is 1. The third-order valence-corrected chi connectivity index (χ3v) is 2.58. The SMILES string of the molecule is CO[C@H]1C[C@H](Nc2cc(C)ncn2)C1. The van der Waals surface area contributed by atoms with Gasteiger partial charge >= 0.3 is 0 Å². The predicted molar refractivity (Wildman–Crippen MR) is 54.2 cm³/mol. The lowest BCUT2D eigenvalue weighted by molar-refractivity contribution is 0.0328. The van der Waals surface area contributed by atoms with Gasteiger partial charge in [0.2, 0.25) is 0 Å². The minimum absolute atomic E-state index is 0.426. The first-order valence-electron chi connectivity index (χ1n) is 4.86. The summed E-state index contributed by atoms with van der Waals surface area (Å²) in [5.41, 5.74) is 0.991. The summed E-state index contributed by atoms with van der Waals surface area (Å²) in [5.74, 6) is 0.914. The van der Waals surface area contributed by atoms with Crippen LogP contribution in [0.25, 0.3) is 0 Å². The zero-order valence-corrected chi connectivity index (χ0v) is 8.53. The van der Waals surface area contributed by atoms with E-state index >= 15 is 0 Å². The number of aryl methyl sites for hydroxylation is 1. The fourth-order valence-corrected chi connectivity index (χ4v) is 1.62. The second-order valence-corrected chi connectivity index (χ2v) is 3.72. The molecule has 0 spiro atoms. The highest BCUT2D eigenvalue weighted by Gasteiger charge is 2.28. The number of nitrogens with zero attached hydrogens (tertiary/aromatic N) is 2. The average molecular weight is 193 g/mol. The maximum Gasteiger partial charge on any atom is 0.129 e. The fourth-order valence-electron chi connectivity index (χ4n) is 1.62. The van der Waals surface area contributed by atoms with Crippen LogP contribution in [0.5, 0.6) is 0 Å². The van der Waals surface area contributed by atoms with E-state index in [4.69, 9.17) is 4.74 Å². The van der Waals surface area contributed by atoms with Crippen LogP contribution in [0.3, 0.4) is 0 Å². The molecule has 1 aliphatic carbocycles. The highest BCUT2D eigenvalue weighted by molar-refractivity contribution is 5.36. The molecular weight excluding hydrogens is 178 g/mol. The molecule has 1 heterocycles. The number of methoxy groups -OCH3 is 1. The van der Waals surface area contributed by atoms with Crippen molar-refractivity contribution in [2.75, 3.05) is 12.4 Å². The topological polar surface area (TPSA) is 47.0 Å². The summed E-state index contributed by atoms with van der Waals surface area (Å²) in [6.07, 6.45) is 4.15. The molecular formula is C10H15N3O. The van der Waals surface area contributed by atoms with Gasteiger partial charge in [0.15, 0.2) is 0 Å². The highest BCUT2D eigenvalue weighted by atomic mass is 16.5. The monoisotopic (exact) mass is 193 g/mol. The lowest BCUT2D eigenvalue weighted by Gasteiger charge is -2.34. The van der Waals surface area contributed by atoms with Gasteiger partial charge in [-0.2, -0.15) is 0 Å². The van der Waals surface area contributed by atoms with Gasteiger partial charge in [0.25, 0.3) is 0 Å². The normalized spacial score (nSPS) is 25.6. The lowest BCUT2D eigenvalue weighted by Crippen LogP contribution is -2.40. The van der Waals surface area contributed by atoms with Crippen LogP contribution in [0.2, 0.25) is 0 Å². The van der Waals surface area contributed by atoms with Gasteiger partial charge in [-0.25, -0.2) is 9.97 Å². The molecule has 4 heteroatoms. The average Bonchev–Trinajstić information content (AvgIpc) is 2.10. The first-order valence-corrected chi connectivity index (χ1v) is 4.86. The predicted octanol–water partition coefficient (Wildman–Crippen LogP) is 1.37. The first-order chi connectivity index (χ1) is 6.78. The number of hydrogen-bond acceptors (Lipinski definition) is 4. The van der Waals surface area contributed by atoms with E-state index in [2.05, 4.69) is 15.3 Å². The molecule has 1 saturated carbocycles. The third kappa shape index (κ3) is 2.01. The molecule has 0 aromatic carbocycles. The Kier molecular flexibility index (Phi) is 2.63. The van der Waals surface area contributed by atoms with Crippen LogP contribution in [-0.2, 0) is 4.74 Å². The molecule has 4 nitrogen and oxygen atoms in total.